The first kappa shape index (κ1) is 13.9. The highest BCUT2D eigenvalue weighted by Crippen LogP contribution is 2.27. The Morgan fingerprint density at radius 3 is 2.79 bits per heavy atom. The van der Waals surface area contributed by atoms with E-state index in [-0.39, 0.29) is 6.04 Å². The van der Waals surface area contributed by atoms with E-state index in [1.807, 2.05) is 26.2 Å². The molecule has 0 fully saturated rings. The molecule has 0 saturated heterocycles. The molecular formula is C13H18N4OS. The molecule has 0 bridgehead atoms. The lowest BCUT2D eigenvalue weighted by Gasteiger charge is -2.17. The van der Waals surface area contributed by atoms with Crippen molar-refractivity contribution in [1.82, 2.24) is 15.4 Å². The van der Waals surface area contributed by atoms with Crippen LogP contribution in [0.1, 0.15) is 27.7 Å². The summed E-state index contributed by atoms with van der Waals surface area (Å²) in [5.41, 5.74) is 7.71. The number of hydrogen-bond acceptors (Lipinski definition) is 6. The van der Waals surface area contributed by atoms with E-state index in [1.165, 1.54) is 0 Å². The van der Waals surface area contributed by atoms with Crippen LogP contribution in [0.25, 0.3) is 0 Å². The highest BCUT2D eigenvalue weighted by atomic mass is 32.1. The van der Waals surface area contributed by atoms with Gasteiger partial charge in [-0.05, 0) is 13.8 Å². The Hall–Kier alpha value is -1.50. The summed E-state index contributed by atoms with van der Waals surface area (Å²) in [5.74, 6) is 6.53. The first-order valence-electron chi connectivity index (χ1n) is 6.01. The first-order chi connectivity index (χ1) is 9.17. The number of ether oxygens (including phenoxy) is 1. The summed E-state index contributed by atoms with van der Waals surface area (Å²) in [5, 5.41) is 0. The van der Waals surface area contributed by atoms with Crippen molar-refractivity contribution in [3.8, 4) is 5.75 Å². The van der Waals surface area contributed by atoms with Crippen molar-refractivity contribution >= 4 is 11.3 Å². The molecule has 0 aliphatic rings. The molecule has 2 heterocycles. The van der Waals surface area contributed by atoms with E-state index in [2.05, 4.69) is 15.4 Å². The summed E-state index contributed by atoms with van der Waals surface area (Å²) in [6.45, 7) is 4.01. The van der Waals surface area contributed by atoms with Crippen LogP contribution in [0.5, 0.6) is 5.75 Å². The average Bonchev–Trinajstić information content (AvgIpc) is 2.92. The molecule has 6 heteroatoms. The fourth-order valence-electron chi connectivity index (χ4n) is 2.11. The van der Waals surface area contributed by atoms with Crippen LogP contribution in [0, 0.1) is 13.8 Å². The number of aromatic nitrogens is 2. The van der Waals surface area contributed by atoms with Gasteiger partial charge in [0.1, 0.15) is 5.75 Å². The Labute approximate surface area is 116 Å². The van der Waals surface area contributed by atoms with Gasteiger partial charge < -0.3 is 4.74 Å². The molecule has 0 spiro atoms. The second-order valence-electron chi connectivity index (χ2n) is 4.37. The Balaban J connectivity index is 2.28. The molecule has 0 amide bonds. The molecule has 0 aliphatic heterocycles. The molecule has 0 saturated carbocycles. The lowest BCUT2D eigenvalue weighted by Crippen LogP contribution is -2.29. The van der Waals surface area contributed by atoms with E-state index in [0.717, 1.165) is 27.4 Å². The van der Waals surface area contributed by atoms with Crippen molar-refractivity contribution in [3.63, 3.8) is 0 Å². The second kappa shape index (κ2) is 6.10. The Bertz CT molecular complexity index is 542. The number of aryl methyl sites for hydroxylation is 1. The predicted molar refractivity (Wildman–Crippen MR) is 76.1 cm³/mol. The van der Waals surface area contributed by atoms with Crippen LogP contribution in [0.3, 0.4) is 0 Å². The largest absolute Gasteiger partial charge is 0.496 e. The van der Waals surface area contributed by atoms with E-state index >= 15 is 0 Å². The van der Waals surface area contributed by atoms with E-state index in [0.29, 0.717) is 6.42 Å². The van der Waals surface area contributed by atoms with Crippen LogP contribution < -0.4 is 16.0 Å². The summed E-state index contributed by atoms with van der Waals surface area (Å²) in [7, 11) is 1.68. The van der Waals surface area contributed by atoms with Crippen LogP contribution in [0.4, 0.5) is 0 Å². The van der Waals surface area contributed by atoms with Crippen molar-refractivity contribution in [3.05, 3.63) is 39.6 Å². The van der Waals surface area contributed by atoms with Crippen LogP contribution in [-0.4, -0.2) is 17.1 Å². The number of pyridine rings is 1. The molecule has 19 heavy (non-hydrogen) atoms. The zero-order valence-electron chi connectivity index (χ0n) is 11.3. The van der Waals surface area contributed by atoms with Gasteiger partial charge in [-0.25, -0.2) is 0 Å². The molecule has 0 radical (unpaired) electrons. The SMILES string of the molecule is COc1c(C)cnc(CC(NN)c2cncs2)c1C. The van der Waals surface area contributed by atoms with Crippen molar-refractivity contribution < 1.29 is 4.74 Å². The highest BCUT2D eigenvalue weighted by molar-refractivity contribution is 7.09. The van der Waals surface area contributed by atoms with Crippen molar-refractivity contribution in [1.29, 1.82) is 0 Å². The van der Waals surface area contributed by atoms with Gasteiger partial charge in [0.25, 0.3) is 0 Å². The third-order valence-corrected chi connectivity index (χ3v) is 4.03. The second-order valence-corrected chi connectivity index (χ2v) is 5.29. The predicted octanol–water partition coefficient (Wildman–Crippen LogP) is 1.91. The number of hydrogen-bond donors (Lipinski definition) is 2. The Morgan fingerprint density at radius 1 is 1.42 bits per heavy atom. The van der Waals surface area contributed by atoms with Crippen LogP contribution in [-0.2, 0) is 6.42 Å². The first-order valence-corrected chi connectivity index (χ1v) is 6.89. The maximum atomic E-state index is 5.63. The van der Waals surface area contributed by atoms with E-state index < -0.39 is 0 Å². The summed E-state index contributed by atoms with van der Waals surface area (Å²) in [6.07, 6.45) is 4.37. The zero-order chi connectivity index (χ0) is 13.8. The fourth-order valence-corrected chi connectivity index (χ4v) is 2.79. The maximum absolute atomic E-state index is 5.63. The minimum atomic E-state index is 0.0195. The third kappa shape index (κ3) is 2.91. The molecule has 0 aliphatic carbocycles. The topological polar surface area (TPSA) is 73.1 Å². The van der Waals surface area contributed by atoms with Crippen LogP contribution >= 0.6 is 11.3 Å². The molecule has 1 unspecified atom stereocenters. The standard InChI is InChI=1S/C13H18N4OS/c1-8-5-16-10(9(2)13(8)18-3)4-11(17-14)12-6-15-7-19-12/h5-7,11,17H,4,14H2,1-3H3. The Kier molecular flexibility index (Phi) is 4.47. The van der Waals surface area contributed by atoms with Crippen LogP contribution in [0.15, 0.2) is 17.9 Å². The summed E-state index contributed by atoms with van der Waals surface area (Å²) in [6, 6.07) is 0.0195. The monoisotopic (exact) mass is 278 g/mol. The number of hydrazine groups is 1. The average molecular weight is 278 g/mol. The lowest BCUT2D eigenvalue weighted by atomic mass is 10.0. The quantitative estimate of drug-likeness (QED) is 0.645. The molecule has 5 nitrogen and oxygen atoms in total. The molecular weight excluding hydrogens is 260 g/mol. The van der Waals surface area contributed by atoms with Crippen LogP contribution in [0.2, 0.25) is 0 Å². The molecule has 0 aromatic carbocycles. The number of nitrogens with two attached hydrogens (primary N) is 1. The van der Waals surface area contributed by atoms with Gasteiger partial charge in [0.15, 0.2) is 0 Å². The molecule has 1 atom stereocenters. The molecule has 102 valence electrons. The van der Waals surface area contributed by atoms with Gasteiger partial charge in [-0.15, -0.1) is 11.3 Å². The van der Waals surface area contributed by atoms with Gasteiger partial charge in [0.05, 0.1) is 18.7 Å². The smallest absolute Gasteiger partial charge is 0.128 e. The fraction of sp³-hybridized carbons (Fsp3) is 0.385. The Morgan fingerprint density at radius 2 is 2.21 bits per heavy atom. The van der Waals surface area contributed by atoms with Crippen molar-refractivity contribution in [2.75, 3.05) is 7.11 Å². The zero-order valence-corrected chi connectivity index (χ0v) is 12.1. The maximum Gasteiger partial charge on any atom is 0.128 e. The molecule has 3 N–H and O–H groups in total. The minimum absolute atomic E-state index is 0.0195. The van der Waals surface area contributed by atoms with E-state index in [4.69, 9.17) is 10.6 Å². The van der Waals surface area contributed by atoms with Gasteiger partial charge in [-0.2, -0.15) is 0 Å². The minimum Gasteiger partial charge on any atom is -0.496 e. The van der Waals surface area contributed by atoms with Crippen molar-refractivity contribution in [2.45, 2.75) is 26.3 Å². The van der Waals surface area contributed by atoms with E-state index in [9.17, 15) is 0 Å². The molecule has 2 aromatic rings. The molecule has 2 aromatic heterocycles. The lowest BCUT2D eigenvalue weighted by molar-refractivity contribution is 0.406. The third-order valence-electron chi connectivity index (χ3n) is 3.14. The number of nitrogens with one attached hydrogen (secondary N) is 1. The van der Waals surface area contributed by atoms with Gasteiger partial charge in [0, 0.05) is 40.5 Å². The van der Waals surface area contributed by atoms with Gasteiger partial charge in [-0.1, -0.05) is 0 Å². The van der Waals surface area contributed by atoms with Gasteiger partial charge in [0.2, 0.25) is 0 Å². The van der Waals surface area contributed by atoms with Gasteiger partial charge in [-0.3, -0.25) is 21.2 Å². The van der Waals surface area contributed by atoms with Gasteiger partial charge >= 0.3 is 0 Å². The highest BCUT2D eigenvalue weighted by Gasteiger charge is 2.17. The number of methoxy groups -OCH3 is 1. The number of rotatable bonds is 5. The van der Waals surface area contributed by atoms with Crippen molar-refractivity contribution in [2.24, 2.45) is 5.84 Å². The number of thiazole rings is 1. The summed E-state index contributed by atoms with van der Waals surface area (Å²) < 4.78 is 5.42. The summed E-state index contributed by atoms with van der Waals surface area (Å²) in [4.78, 5) is 9.67. The van der Waals surface area contributed by atoms with E-state index in [1.54, 1.807) is 24.0 Å². The molecule has 2 rings (SSSR count). The number of nitrogens with zero attached hydrogens (tertiary/aromatic N) is 2. The summed E-state index contributed by atoms with van der Waals surface area (Å²) >= 11 is 1.58. The normalized spacial score (nSPS) is 12.4.